The van der Waals surface area contributed by atoms with Crippen molar-refractivity contribution in [3.05, 3.63) is 60.2 Å². The fourth-order valence-electron chi connectivity index (χ4n) is 2.66. The van der Waals surface area contributed by atoms with E-state index in [1.807, 2.05) is 30.3 Å². The molecule has 24 heavy (non-hydrogen) atoms. The largest absolute Gasteiger partial charge is 0.479 e. The van der Waals surface area contributed by atoms with E-state index in [1.54, 1.807) is 18.2 Å². The number of benzene rings is 2. The van der Waals surface area contributed by atoms with E-state index in [0.29, 0.717) is 13.2 Å². The molecular weight excluding hydrogens is 316 g/mol. The molecule has 0 aliphatic carbocycles. The lowest BCUT2D eigenvalue weighted by atomic mass is 10.0. The molecule has 1 saturated heterocycles. The topological polar surface area (TPSA) is 39.7 Å². The lowest BCUT2D eigenvalue weighted by Gasteiger charge is -2.32. The van der Waals surface area contributed by atoms with Crippen molar-refractivity contribution < 1.29 is 23.0 Å². The van der Waals surface area contributed by atoms with Crippen LogP contribution < -0.4 is 14.8 Å². The minimum absolute atomic E-state index is 0.0113. The number of rotatable bonds is 6. The van der Waals surface area contributed by atoms with Crippen LogP contribution in [0.15, 0.2) is 54.6 Å². The van der Waals surface area contributed by atoms with Crippen LogP contribution in [0.25, 0.3) is 0 Å². The van der Waals surface area contributed by atoms with Crippen LogP contribution in [-0.4, -0.2) is 32.4 Å². The number of para-hydroxylation sites is 2. The molecule has 1 N–H and O–H groups in total. The summed E-state index contributed by atoms with van der Waals surface area (Å²) in [5, 5.41) is 3.26. The van der Waals surface area contributed by atoms with Gasteiger partial charge >= 0.3 is 6.61 Å². The van der Waals surface area contributed by atoms with Gasteiger partial charge < -0.3 is 19.5 Å². The SMILES string of the molecule is FC(F)Oc1ccccc1O[C@H](c1ccccc1)[C@H]1CNCCO1. The van der Waals surface area contributed by atoms with Gasteiger partial charge in [0.25, 0.3) is 0 Å². The highest BCUT2D eigenvalue weighted by atomic mass is 19.3. The van der Waals surface area contributed by atoms with Crippen molar-refractivity contribution in [3.8, 4) is 11.5 Å². The Morgan fingerprint density at radius 3 is 2.25 bits per heavy atom. The van der Waals surface area contributed by atoms with Crippen LogP contribution in [0.1, 0.15) is 11.7 Å². The van der Waals surface area contributed by atoms with Gasteiger partial charge in [-0.2, -0.15) is 8.78 Å². The van der Waals surface area contributed by atoms with Crippen LogP contribution in [0.2, 0.25) is 0 Å². The molecule has 0 bridgehead atoms. The quantitative estimate of drug-likeness (QED) is 0.878. The molecular formula is C18H19F2NO3. The predicted octanol–water partition coefficient (Wildman–Crippen LogP) is 3.40. The van der Waals surface area contributed by atoms with Gasteiger partial charge in [0.15, 0.2) is 17.6 Å². The number of alkyl halides is 2. The molecule has 1 heterocycles. The molecule has 0 unspecified atom stereocenters. The molecule has 3 rings (SSSR count). The standard InChI is InChI=1S/C18H19F2NO3/c19-18(20)24-15-9-5-4-8-14(15)23-17(13-6-2-1-3-7-13)16-12-21-10-11-22-16/h1-9,16-18,21H,10-12H2/t16-,17-/m1/s1. The van der Waals surface area contributed by atoms with Gasteiger partial charge in [-0.15, -0.1) is 0 Å². The zero-order chi connectivity index (χ0) is 16.8. The number of halogens is 2. The third-order valence-electron chi connectivity index (χ3n) is 3.74. The first kappa shape index (κ1) is 16.7. The summed E-state index contributed by atoms with van der Waals surface area (Å²) in [5.41, 5.74) is 0.915. The number of hydrogen-bond donors (Lipinski definition) is 1. The minimum Gasteiger partial charge on any atom is -0.479 e. The van der Waals surface area contributed by atoms with Gasteiger partial charge in [0.05, 0.1) is 6.61 Å². The van der Waals surface area contributed by atoms with Crippen molar-refractivity contribution in [2.24, 2.45) is 0 Å². The van der Waals surface area contributed by atoms with E-state index < -0.39 is 12.7 Å². The zero-order valence-electron chi connectivity index (χ0n) is 13.0. The highest BCUT2D eigenvalue weighted by Gasteiger charge is 2.28. The molecule has 2 aromatic carbocycles. The lowest BCUT2D eigenvalue weighted by Crippen LogP contribution is -2.43. The molecule has 128 valence electrons. The van der Waals surface area contributed by atoms with Gasteiger partial charge in [0, 0.05) is 13.1 Å². The third-order valence-corrected chi connectivity index (χ3v) is 3.74. The van der Waals surface area contributed by atoms with Crippen LogP contribution in [-0.2, 0) is 4.74 Å². The Hall–Kier alpha value is -2.18. The Morgan fingerprint density at radius 1 is 0.958 bits per heavy atom. The zero-order valence-corrected chi connectivity index (χ0v) is 13.0. The summed E-state index contributed by atoms with van der Waals surface area (Å²) in [7, 11) is 0. The maximum absolute atomic E-state index is 12.6. The van der Waals surface area contributed by atoms with Crippen molar-refractivity contribution in [2.45, 2.75) is 18.8 Å². The van der Waals surface area contributed by atoms with Crippen molar-refractivity contribution in [1.82, 2.24) is 5.32 Å². The Morgan fingerprint density at radius 2 is 1.62 bits per heavy atom. The van der Waals surface area contributed by atoms with Crippen LogP contribution >= 0.6 is 0 Å². The van der Waals surface area contributed by atoms with Crippen LogP contribution in [0.5, 0.6) is 11.5 Å². The molecule has 2 atom stereocenters. The summed E-state index contributed by atoms with van der Waals surface area (Å²) < 4.78 is 41.6. The van der Waals surface area contributed by atoms with E-state index in [1.165, 1.54) is 6.07 Å². The molecule has 0 spiro atoms. The Balaban J connectivity index is 1.87. The summed E-state index contributed by atoms with van der Waals surface area (Å²) in [4.78, 5) is 0. The van der Waals surface area contributed by atoms with E-state index in [-0.39, 0.29) is 17.6 Å². The Kier molecular flexibility index (Phi) is 5.61. The van der Waals surface area contributed by atoms with Crippen LogP contribution in [0.3, 0.4) is 0 Å². The molecule has 1 aliphatic heterocycles. The molecule has 6 heteroatoms. The highest BCUT2D eigenvalue weighted by molar-refractivity contribution is 5.40. The lowest BCUT2D eigenvalue weighted by molar-refractivity contribution is -0.0598. The maximum atomic E-state index is 12.6. The number of hydrogen-bond acceptors (Lipinski definition) is 4. The minimum atomic E-state index is -2.91. The van der Waals surface area contributed by atoms with Crippen LogP contribution in [0.4, 0.5) is 8.78 Å². The van der Waals surface area contributed by atoms with Gasteiger partial charge in [-0.3, -0.25) is 0 Å². The molecule has 0 amide bonds. The Labute approximate surface area is 139 Å². The van der Waals surface area contributed by atoms with E-state index in [0.717, 1.165) is 12.1 Å². The van der Waals surface area contributed by atoms with Crippen molar-refractivity contribution in [2.75, 3.05) is 19.7 Å². The molecule has 0 radical (unpaired) electrons. The Bertz CT molecular complexity index is 633. The fraction of sp³-hybridized carbons (Fsp3) is 0.333. The molecule has 4 nitrogen and oxygen atoms in total. The number of morpholine rings is 1. The fourth-order valence-corrected chi connectivity index (χ4v) is 2.66. The number of nitrogens with one attached hydrogen (secondary N) is 1. The molecule has 0 saturated carbocycles. The van der Waals surface area contributed by atoms with E-state index in [2.05, 4.69) is 10.1 Å². The van der Waals surface area contributed by atoms with E-state index >= 15 is 0 Å². The molecule has 2 aromatic rings. The van der Waals surface area contributed by atoms with Gasteiger partial charge in [0.2, 0.25) is 0 Å². The molecule has 0 aromatic heterocycles. The first-order chi connectivity index (χ1) is 11.7. The van der Waals surface area contributed by atoms with Crippen molar-refractivity contribution in [1.29, 1.82) is 0 Å². The predicted molar refractivity (Wildman–Crippen MR) is 85.5 cm³/mol. The second-order valence-corrected chi connectivity index (χ2v) is 5.39. The van der Waals surface area contributed by atoms with Crippen molar-refractivity contribution in [3.63, 3.8) is 0 Å². The van der Waals surface area contributed by atoms with Gasteiger partial charge in [0.1, 0.15) is 6.10 Å². The average molecular weight is 335 g/mol. The van der Waals surface area contributed by atoms with Crippen LogP contribution in [0, 0.1) is 0 Å². The van der Waals surface area contributed by atoms with Gasteiger partial charge in [-0.05, 0) is 17.7 Å². The summed E-state index contributed by atoms with van der Waals surface area (Å²) in [6, 6.07) is 16.0. The van der Waals surface area contributed by atoms with Crippen molar-refractivity contribution >= 4 is 0 Å². The highest BCUT2D eigenvalue weighted by Crippen LogP contribution is 2.34. The van der Waals surface area contributed by atoms with E-state index in [9.17, 15) is 8.78 Å². The molecule has 1 aliphatic rings. The molecule has 1 fully saturated rings. The summed E-state index contributed by atoms with van der Waals surface area (Å²) >= 11 is 0. The normalized spacial score (nSPS) is 19.0. The summed E-state index contributed by atoms with van der Waals surface area (Å²) in [5.74, 6) is 0.276. The monoisotopic (exact) mass is 335 g/mol. The first-order valence-corrected chi connectivity index (χ1v) is 7.82. The van der Waals surface area contributed by atoms with E-state index in [4.69, 9.17) is 9.47 Å². The van der Waals surface area contributed by atoms with Gasteiger partial charge in [-0.25, -0.2) is 0 Å². The maximum Gasteiger partial charge on any atom is 0.387 e. The second-order valence-electron chi connectivity index (χ2n) is 5.39. The summed E-state index contributed by atoms with van der Waals surface area (Å²) in [6.07, 6.45) is -0.651. The average Bonchev–Trinajstić information content (AvgIpc) is 2.62. The third kappa shape index (κ3) is 4.21. The second kappa shape index (κ2) is 8.08. The van der Waals surface area contributed by atoms with Gasteiger partial charge in [-0.1, -0.05) is 42.5 Å². The number of ether oxygens (including phenoxy) is 3. The smallest absolute Gasteiger partial charge is 0.387 e. The first-order valence-electron chi connectivity index (χ1n) is 7.82. The summed E-state index contributed by atoms with van der Waals surface area (Å²) in [6.45, 7) is -0.926.